The van der Waals surface area contributed by atoms with Gasteiger partial charge in [0.1, 0.15) is 4.75 Å². The normalized spacial score (nSPS) is 31.6. The molecule has 0 aromatic heterocycles. The van der Waals surface area contributed by atoms with E-state index in [0.717, 1.165) is 0 Å². The standard InChI is InChI=1S/C9H17NO5S/c1-8(2)13-6-7(14-8)5-9(3-4-9)16(11,12)15-10/h7H,3-6,10H2,1-2H3/t7-/m0/s1. The van der Waals surface area contributed by atoms with Crippen LogP contribution in [0.4, 0.5) is 0 Å². The van der Waals surface area contributed by atoms with Crippen molar-refractivity contribution in [1.82, 2.24) is 0 Å². The molecule has 0 spiro atoms. The van der Waals surface area contributed by atoms with Crippen molar-refractivity contribution in [2.24, 2.45) is 5.90 Å². The molecule has 1 aliphatic carbocycles. The van der Waals surface area contributed by atoms with Gasteiger partial charge in [0.15, 0.2) is 5.79 Å². The molecule has 2 fully saturated rings. The van der Waals surface area contributed by atoms with Gasteiger partial charge in [-0.15, -0.1) is 0 Å². The summed E-state index contributed by atoms with van der Waals surface area (Å²) in [4.78, 5) is 0. The fourth-order valence-electron chi connectivity index (χ4n) is 2.08. The largest absolute Gasteiger partial charge is 0.348 e. The van der Waals surface area contributed by atoms with Crippen LogP contribution in [0.15, 0.2) is 0 Å². The van der Waals surface area contributed by atoms with E-state index in [0.29, 0.717) is 25.9 Å². The Morgan fingerprint density at radius 1 is 1.44 bits per heavy atom. The summed E-state index contributed by atoms with van der Waals surface area (Å²) in [6, 6.07) is 0. The van der Waals surface area contributed by atoms with Crippen LogP contribution >= 0.6 is 0 Å². The summed E-state index contributed by atoms with van der Waals surface area (Å²) in [6.45, 7) is 4.02. The van der Waals surface area contributed by atoms with E-state index >= 15 is 0 Å². The zero-order chi connectivity index (χ0) is 12.0. The Balaban J connectivity index is 2.01. The Bertz CT molecular complexity index is 373. The van der Waals surface area contributed by atoms with E-state index < -0.39 is 20.7 Å². The number of ether oxygens (including phenoxy) is 2. The minimum atomic E-state index is -3.67. The lowest BCUT2D eigenvalue weighted by Gasteiger charge is -2.20. The zero-order valence-electron chi connectivity index (χ0n) is 9.43. The summed E-state index contributed by atoms with van der Waals surface area (Å²) in [7, 11) is -3.67. The maximum Gasteiger partial charge on any atom is 0.288 e. The second-order valence-electron chi connectivity index (χ2n) is 4.89. The molecule has 6 nitrogen and oxygen atoms in total. The van der Waals surface area contributed by atoms with Gasteiger partial charge in [0, 0.05) is 0 Å². The van der Waals surface area contributed by atoms with Crippen molar-refractivity contribution in [3.8, 4) is 0 Å². The van der Waals surface area contributed by atoms with Crippen LogP contribution in [0.5, 0.6) is 0 Å². The highest BCUT2D eigenvalue weighted by atomic mass is 32.2. The summed E-state index contributed by atoms with van der Waals surface area (Å²) in [6.07, 6.45) is 1.33. The van der Waals surface area contributed by atoms with Crippen LogP contribution < -0.4 is 5.90 Å². The lowest BCUT2D eigenvalue weighted by Crippen LogP contribution is -2.33. The third kappa shape index (κ3) is 2.10. The molecule has 16 heavy (non-hydrogen) atoms. The fraction of sp³-hybridized carbons (Fsp3) is 1.00. The van der Waals surface area contributed by atoms with Crippen molar-refractivity contribution in [1.29, 1.82) is 0 Å². The lowest BCUT2D eigenvalue weighted by molar-refractivity contribution is -0.139. The third-order valence-corrected chi connectivity index (χ3v) is 5.02. The second-order valence-corrected chi connectivity index (χ2v) is 6.85. The molecule has 1 heterocycles. The SMILES string of the molecule is CC1(C)OC[C@H](CC2(S(=O)(=O)ON)CC2)O1. The first-order chi connectivity index (χ1) is 7.30. The van der Waals surface area contributed by atoms with Crippen LogP contribution in [-0.2, 0) is 23.9 Å². The molecule has 0 aromatic carbocycles. The molecule has 0 bridgehead atoms. The predicted octanol–water partition coefficient (Wildman–Crippen LogP) is 0.281. The summed E-state index contributed by atoms with van der Waals surface area (Å²) in [5.41, 5.74) is 0. The number of nitrogens with two attached hydrogens (primary N) is 1. The Labute approximate surface area is 95.1 Å². The Kier molecular flexibility index (Phi) is 2.79. The number of hydrogen-bond acceptors (Lipinski definition) is 6. The molecule has 1 saturated carbocycles. The summed E-state index contributed by atoms with van der Waals surface area (Å²) in [5, 5.41) is 0. The van der Waals surface area contributed by atoms with Gasteiger partial charge in [-0.25, -0.2) is 0 Å². The van der Waals surface area contributed by atoms with E-state index in [1.165, 1.54) is 0 Å². The maximum atomic E-state index is 11.6. The van der Waals surface area contributed by atoms with Crippen LogP contribution in [-0.4, -0.2) is 31.7 Å². The van der Waals surface area contributed by atoms with Crippen molar-refractivity contribution >= 4 is 10.1 Å². The van der Waals surface area contributed by atoms with Crippen molar-refractivity contribution in [3.63, 3.8) is 0 Å². The first kappa shape index (κ1) is 12.3. The van der Waals surface area contributed by atoms with E-state index in [1.807, 2.05) is 0 Å². The van der Waals surface area contributed by atoms with Crippen LogP contribution in [0, 0.1) is 0 Å². The fourth-order valence-corrected chi connectivity index (χ4v) is 3.27. The minimum Gasteiger partial charge on any atom is -0.348 e. The quantitative estimate of drug-likeness (QED) is 0.722. The van der Waals surface area contributed by atoms with Crippen LogP contribution in [0.25, 0.3) is 0 Å². The summed E-state index contributed by atoms with van der Waals surface area (Å²) in [5.74, 6) is 4.17. The topological polar surface area (TPSA) is 87.9 Å². The van der Waals surface area contributed by atoms with Crippen molar-refractivity contribution < 1.29 is 22.2 Å². The minimum absolute atomic E-state index is 0.206. The molecule has 2 aliphatic rings. The van der Waals surface area contributed by atoms with E-state index in [1.54, 1.807) is 13.8 Å². The number of rotatable bonds is 4. The maximum absolute atomic E-state index is 11.6. The average Bonchev–Trinajstić information content (AvgIpc) is 2.88. The van der Waals surface area contributed by atoms with Gasteiger partial charge in [-0.05, 0) is 33.1 Å². The van der Waals surface area contributed by atoms with Crippen LogP contribution in [0.3, 0.4) is 0 Å². The Morgan fingerprint density at radius 3 is 2.44 bits per heavy atom. The van der Waals surface area contributed by atoms with Crippen molar-refractivity contribution in [2.75, 3.05) is 6.61 Å². The summed E-state index contributed by atoms with van der Waals surface area (Å²) >= 11 is 0. The molecule has 2 rings (SSSR count). The molecule has 1 atom stereocenters. The van der Waals surface area contributed by atoms with Crippen LogP contribution in [0.1, 0.15) is 33.1 Å². The highest BCUT2D eigenvalue weighted by Crippen LogP contribution is 2.49. The molecule has 0 radical (unpaired) electrons. The van der Waals surface area contributed by atoms with E-state index in [-0.39, 0.29) is 6.10 Å². The molecular weight excluding hydrogens is 234 g/mol. The second kappa shape index (κ2) is 3.64. The van der Waals surface area contributed by atoms with Gasteiger partial charge in [-0.1, -0.05) is 0 Å². The van der Waals surface area contributed by atoms with Gasteiger partial charge in [0.2, 0.25) is 0 Å². The Morgan fingerprint density at radius 2 is 2.06 bits per heavy atom. The van der Waals surface area contributed by atoms with E-state index in [2.05, 4.69) is 4.28 Å². The molecule has 2 N–H and O–H groups in total. The number of hydrogen-bond donors (Lipinski definition) is 1. The molecule has 1 aliphatic heterocycles. The molecule has 94 valence electrons. The lowest BCUT2D eigenvalue weighted by atomic mass is 10.2. The average molecular weight is 251 g/mol. The first-order valence-corrected chi connectivity index (χ1v) is 6.66. The molecular formula is C9H17NO5S. The van der Waals surface area contributed by atoms with Crippen molar-refractivity contribution in [2.45, 2.75) is 49.7 Å². The first-order valence-electron chi connectivity index (χ1n) is 5.25. The van der Waals surface area contributed by atoms with Gasteiger partial charge < -0.3 is 9.47 Å². The predicted molar refractivity (Wildman–Crippen MR) is 55.7 cm³/mol. The van der Waals surface area contributed by atoms with Crippen LogP contribution in [0.2, 0.25) is 0 Å². The third-order valence-electron chi connectivity index (χ3n) is 3.13. The van der Waals surface area contributed by atoms with Gasteiger partial charge in [0.25, 0.3) is 10.1 Å². The van der Waals surface area contributed by atoms with Gasteiger partial charge in [0.05, 0.1) is 12.7 Å². The zero-order valence-corrected chi connectivity index (χ0v) is 10.2. The monoisotopic (exact) mass is 251 g/mol. The van der Waals surface area contributed by atoms with Gasteiger partial charge in [-0.3, -0.25) is 0 Å². The van der Waals surface area contributed by atoms with E-state index in [9.17, 15) is 8.42 Å². The molecule has 1 saturated heterocycles. The van der Waals surface area contributed by atoms with E-state index in [4.69, 9.17) is 15.4 Å². The molecule has 0 unspecified atom stereocenters. The van der Waals surface area contributed by atoms with Crippen molar-refractivity contribution in [3.05, 3.63) is 0 Å². The van der Waals surface area contributed by atoms with Gasteiger partial charge >= 0.3 is 0 Å². The molecule has 7 heteroatoms. The molecule has 0 aromatic rings. The summed E-state index contributed by atoms with van der Waals surface area (Å²) < 4.78 is 37.4. The Hall–Kier alpha value is -0.210. The van der Waals surface area contributed by atoms with Gasteiger partial charge in [-0.2, -0.15) is 18.6 Å². The molecule has 0 amide bonds. The highest BCUT2D eigenvalue weighted by molar-refractivity contribution is 7.88. The highest BCUT2D eigenvalue weighted by Gasteiger charge is 2.57. The smallest absolute Gasteiger partial charge is 0.288 e.